The van der Waals surface area contributed by atoms with Crippen molar-refractivity contribution in [2.45, 2.75) is 39.3 Å². The van der Waals surface area contributed by atoms with Gasteiger partial charge in [-0.05, 0) is 24.0 Å². The summed E-state index contributed by atoms with van der Waals surface area (Å²) in [6.07, 6.45) is 6.54. The van der Waals surface area contributed by atoms with Gasteiger partial charge in [-0.1, -0.05) is 32.9 Å². The lowest BCUT2D eigenvalue weighted by molar-refractivity contribution is 0.0133. The fourth-order valence-electron chi connectivity index (χ4n) is 2.36. The van der Waals surface area contributed by atoms with E-state index in [1.54, 1.807) is 17.1 Å². The van der Waals surface area contributed by atoms with Crippen LogP contribution >= 0.6 is 0 Å². The number of rotatable bonds is 7. The lowest BCUT2D eigenvalue weighted by atomic mass is 9.83. The molecule has 0 aliphatic rings. The molecule has 1 aromatic carbocycles. The maximum atomic E-state index is 13.1. The van der Waals surface area contributed by atoms with E-state index in [4.69, 9.17) is 4.74 Å². The maximum Gasteiger partial charge on any atom is 0.162 e. The number of aliphatic hydroxyl groups is 1. The first-order valence-corrected chi connectivity index (χ1v) is 8.04. The molecule has 0 spiro atoms. The molecule has 2 aromatic rings. The molecule has 0 unspecified atom stereocenters. The summed E-state index contributed by atoms with van der Waals surface area (Å²) >= 11 is 0. The molecule has 2 atom stereocenters. The van der Waals surface area contributed by atoms with Crippen molar-refractivity contribution in [1.82, 2.24) is 14.8 Å². The Morgan fingerprint density at radius 1 is 1.24 bits per heavy atom. The number of hydrogen-bond donors (Lipinski definition) is 1. The number of halogens is 2. The van der Waals surface area contributed by atoms with Crippen LogP contribution in [0.3, 0.4) is 0 Å². The average Bonchev–Trinajstić information content (AvgIpc) is 3.07. The van der Waals surface area contributed by atoms with E-state index in [1.165, 1.54) is 12.4 Å². The van der Waals surface area contributed by atoms with Crippen molar-refractivity contribution in [3.05, 3.63) is 54.6 Å². The third-order valence-corrected chi connectivity index (χ3v) is 3.81. The quantitative estimate of drug-likeness (QED) is 0.775. The van der Waals surface area contributed by atoms with Crippen molar-refractivity contribution in [2.75, 3.05) is 6.61 Å². The summed E-state index contributed by atoms with van der Waals surface area (Å²) in [5.41, 5.74) is -0.313. The summed E-state index contributed by atoms with van der Waals surface area (Å²) < 4.78 is 32.9. The number of benzene rings is 1. The molecule has 5 nitrogen and oxygen atoms in total. The summed E-state index contributed by atoms with van der Waals surface area (Å²) in [4.78, 5) is 3.93. The largest absolute Gasteiger partial charge is 0.489 e. The summed E-state index contributed by atoms with van der Waals surface area (Å²) in [5, 5.41) is 14.7. The lowest BCUT2D eigenvalue weighted by Crippen LogP contribution is -2.35. The molecule has 0 aliphatic heterocycles. The van der Waals surface area contributed by atoms with Crippen LogP contribution in [0.15, 0.2) is 43.0 Å². The molecule has 0 aliphatic carbocycles. The number of nitrogens with zero attached hydrogens (tertiary/aromatic N) is 3. The Labute approximate surface area is 146 Å². The van der Waals surface area contributed by atoms with Crippen molar-refractivity contribution >= 4 is 0 Å². The summed E-state index contributed by atoms with van der Waals surface area (Å²) in [7, 11) is 0. The zero-order valence-electron chi connectivity index (χ0n) is 14.6. The van der Waals surface area contributed by atoms with Gasteiger partial charge in [-0.3, -0.25) is 0 Å². The lowest BCUT2D eigenvalue weighted by Gasteiger charge is -2.32. The zero-order valence-corrected chi connectivity index (χ0v) is 14.6. The molecule has 136 valence electrons. The van der Waals surface area contributed by atoms with Crippen LogP contribution in [-0.4, -0.2) is 32.6 Å². The van der Waals surface area contributed by atoms with E-state index in [0.29, 0.717) is 6.42 Å². The predicted octanol–water partition coefficient (Wildman–Crippen LogP) is 3.53. The molecule has 0 bridgehead atoms. The SMILES string of the molecule is CC(C)(C)[C@@H](O)[C@H](C/C=C/COc1ccc(F)c(F)c1)n1cncn1. The summed E-state index contributed by atoms with van der Waals surface area (Å²) in [5.74, 6) is -1.60. The van der Waals surface area contributed by atoms with Crippen molar-refractivity contribution < 1.29 is 18.6 Å². The first-order chi connectivity index (χ1) is 11.8. The van der Waals surface area contributed by atoms with E-state index >= 15 is 0 Å². The average molecular weight is 351 g/mol. The number of ether oxygens (including phenoxy) is 1. The van der Waals surface area contributed by atoms with Gasteiger partial charge in [-0.25, -0.2) is 18.4 Å². The van der Waals surface area contributed by atoms with Crippen LogP contribution in [0.1, 0.15) is 33.2 Å². The van der Waals surface area contributed by atoms with Gasteiger partial charge < -0.3 is 9.84 Å². The molecule has 1 N–H and O–H groups in total. The van der Waals surface area contributed by atoms with Crippen molar-refractivity contribution in [1.29, 1.82) is 0 Å². The van der Waals surface area contributed by atoms with E-state index in [2.05, 4.69) is 10.1 Å². The van der Waals surface area contributed by atoms with Gasteiger partial charge in [0, 0.05) is 6.07 Å². The number of allylic oxidation sites excluding steroid dienone is 1. The van der Waals surface area contributed by atoms with Crippen LogP contribution in [-0.2, 0) is 0 Å². The predicted molar refractivity (Wildman–Crippen MR) is 90.1 cm³/mol. The van der Waals surface area contributed by atoms with E-state index < -0.39 is 17.7 Å². The Balaban J connectivity index is 1.93. The summed E-state index contributed by atoms with van der Waals surface area (Å²) in [6.45, 7) is 6.08. The van der Waals surface area contributed by atoms with Crippen LogP contribution in [0.5, 0.6) is 5.75 Å². The normalized spacial score (nSPS) is 14.6. The minimum atomic E-state index is -0.943. The first kappa shape index (κ1) is 19.1. The highest BCUT2D eigenvalue weighted by atomic mass is 19.2. The molecular weight excluding hydrogens is 328 g/mol. The second-order valence-electron chi connectivity index (χ2n) is 6.85. The van der Waals surface area contributed by atoms with Gasteiger partial charge in [0.25, 0.3) is 0 Å². The second kappa shape index (κ2) is 8.20. The highest BCUT2D eigenvalue weighted by molar-refractivity contribution is 5.23. The molecule has 0 saturated carbocycles. The Morgan fingerprint density at radius 3 is 2.60 bits per heavy atom. The minimum Gasteiger partial charge on any atom is -0.489 e. The van der Waals surface area contributed by atoms with Gasteiger partial charge >= 0.3 is 0 Å². The van der Waals surface area contributed by atoms with Crippen molar-refractivity contribution in [2.24, 2.45) is 5.41 Å². The van der Waals surface area contributed by atoms with E-state index in [-0.39, 0.29) is 23.8 Å². The Bertz CT molecular complexity index is 697. The Hall–Kier alpha value is -2.28. The minimum absolute atomic E-state index is 0.209. The number of aromatic nitrogens is 3. The molecule has 1 heterocycles. The summed E-state index contributed by atoms with van der Waals surface area (Å²) in [6, 6.07) is 3.13. The van der Waals surface area contributed by atoms with Crippen molar-refractivity contribution in [3.63, 3.8) is 0 Å². The van der Waals surface area contributed by atoms with Gasteiger partial charge in [0.2, 0.25) is 0 Å². The topological polar surface area (TPSA) is 60.2 Å². The fourth-order valence-corrected chi connectivity index (χ4v) is 2.36. The van der Waals surface area contributed by atoms with Crippen LogP contribution in [0.2, 0.25) is 0 Å². The molecule has 0 saturated heterocycles. The molecule has 0 radical (unpaired) electrons. The Morgan fingerprint density at radius 2 is 2.00 bits per heavy atom. The Kier molecular flexibility index (Phi) is 6.25. The first-order valence-electron chi connectivity index (χ1n) is 8.04. The second-order valence-corrected chi connectivity index (χ2v) is 6.85. The monoisotopic (exact) mass is 351 g/mol. The molecule has 0 amide bonds. The van der Waals surface area contributed by atoms with E-state index in [9.17, 15) is 13.9 Å². The maximum absolute atomic E-state index is 13.1. The van der Waals surface area contributed by atoms with Crippen LogP contribution in [0.25, 0.3) is 0 Å². The van der Waals surface area contributed by atoms with E-state index in [0.717, 1.165) is 12.1 Å². The van der Waals surface area contributed by atoms with E-state index in [1.807, 2.05) is 26.8 Å². The number of aliphatic hydroxyl groups excluding tert-OH is 1. The molecule has 7 heteroatoms. The molecule has 25 heavy (non-hydrogen) atoms. The smallest absolute Gasteiger partial charge is 0.162 e. The highest BCUT2D eigenvalue weighted by Gasteiger charge is 2.31. The van der Waals surface area contributed by atoms with Crippen LogP contribution in [0.4, 0.5) is 8.78 Å². The van der Waals surface area contributed by atoms with Gasteiger partial charge in [0.15, 0.2) is 11.6 Å². The number of hydrogen-bond acceptors (Lipinski definition) is 4. The zero-order chi connectivity index (χ0) is 18.4. The molecule has 1 aromatic heterocycles. The molecule has 2 rings (SSSR count). The third-order valence-electron chi connectivity index (χ3n) is 3.81. The van der Waals surface area contributed by atoms with Gasteiger partial charge in [0.05, 0.1) is 12.1 Å². The molecular formula is C18H23F2N3O2. The van der Waals surface area contributed by atoms with Gasteiger partial charge in [0.1, 0.15) is 25.0 Å². The molecule has 0 fully saturated rings. The fraction of sp³-hybridized carbons (Fsp3) is 0.444. The van der Waals surface area contributed by atoms with Gasteiger partial charge in [-0.15, -0.1) is 0 Å². The third kappa shape index (κ3) is 5.35. The van der Waals surface area contributed by atoms with Crippen molar-refractivity contribution in [3.8, 4) is 5.75 Å². The standard InChI is InChI=1S/C18H23F2N3O2/c1-18(2,3)17(24)16(23-12-21-11-22-23)6-4-5-9-25-13-7-8-14(19)15(20)10-13/h4-5,7-8,10-12,16-17,24H,6,9H2,1-3H3/b5-4+/t16-,17-/m0/s1. The van der Waals surface area contributed by atoms with Crippen LogP contribution < -0.4 is 4.74 Å². The van der Waals surface area contributed by atoms with Gasteiger partial charge in [-0.2, -0.15) is 5.10 Å². The highest BCUT2D eigenvalue weighted by Crippen LogP contribution is 2.30. The van der Waals surface area contributed by atoms with Crippen LogP contribution in [0, 0.1) is 17.0 Å².